The quantitative estimate of drug-likeness (QED) is 0.241. The molecule has 1 aliphatic rings. The molecule has 0 spiro atoms. The number of nitrogens with zero attached hydrogens (tertiary/aromatic N) is 3. The van der Waals surface area contributed by atoms with Crippen molar-refractivity contribution in [3.63, 3.8) is 0 Å². The molecule has 8 nitrogen and oxygen atoms in total. The zero-order valence-electron chi connectivity index (χ0n) is 24.5. The lowest BCUT2D eigenvalue weighted by Crippen LogP contribution is -2.46. The van der Waals surface area contributed by atoms with E-state index in [1.165, 1.54) is 35.0 Å². The number of pyridine rings is 1. The Morgan fingerprint density at radius 3 is 2.27 bits per heavy atom. The average molecular weight is 609 g/mol. The lowest BCUT2D eigenvalue weighted by Gasteiger charge is -2.36. The van der Waals surface area contributed by atoms with Gasteiger partial charge in [0.1, 0.15) is 17.2 Å². The molecular formula is C35H30F2N4O4. The maximum absolute atomic E-state index is 15.5. The third kappa shape index (κ3) is 6.32. The van der Waals surface area contributed by atoms with Crippen molar-refractivity contribution in [3.8, 4) is 5.69 Å². The number of aromatic nitrogens is 1. The van der Waals surface area contributed by atoms with Gasteiger partial charge in [-0.3, -0.25) is 14.5 Å². The van der Waals surface area contributed by atoms with Crippen molar-refractivity contribution in [1.29, 1.82) is 0 Å². The highest BCUT2D eigenvalue weighted by Crippen LogP contribution is 2.28. The summed E-state index contributed by atoms with van der Waals surface area (Å²) in [5, 5.41) is 12.4. The normalized spacial score (nSPS) is 13.6. The molecule has 1 saturated heterocycles. The van der Waals surface area contributed by atoms with Crippen LogP contribution >= 0.6 is 0 Å². The van der Waals surface area contributed by atoms with E-state index in [2.05, 4.69) is 10.2 Å². The molecule has 228 valence electrons. The average Bonchev–Trinajstić information content (AvgIpc) is 3.02. The molecule has 6 rings (SSSR count). The second-order valence-electron chi connectivity index (χ2n) is 11.1. The van der Waals surface area contributed by atoms with Crippen LogP contribution in [0.3, 0.4) is 0 Å². The minimum Gasteiger partial charge on any atom is -0.477 e. The monoisotopic (exact) mass is 608 g/mol. The van der Waals surface area contributed by atoms with E-state index in [-0.39, 0.29) is 11.3 Å². The third-order valence-electron chi connectivity index (χ3n) is 8.02. The van der Waals surface area contributed by atoms with Crippen LogP contribution in [0.5, 0.6) is 0 Å². The number of nitrogens with one attached hydrogen (secondary N) is 1. The van der Waals surface area contributed by atoms with Gasteiger partial charge in [-0.1, -0.05) is 24.3 Å². The van der Waals surface area contributed by atoms with Gasteiger partial charge in [0.2, 0.25) is 5.43 Å². The number of carboxylic acids is 1. The number of carbonyl (C=O) groups excluding carboxylic acids is 1. The smallest absolute Gasteiger partial charge is 0.341 e. The van der Waals surface area contributed by atoms with Gasteiger partial charge in [0.15, 0.2) is 0 Å². The molecule has 0 saturated carbocycles. The van der Waals surface area contributed by atoms with Gasteiger partial charge in [0.05, 0.1) is 11.2 Å². The van der Waals surface area contributed by atoms with Gasteiger partial charge >= 0.3 is 5.97 Å². The molecule has 5 aromatic rings. The molecule has 45 heavy (non-hydrogen) atoms. The van der Waals surface area contributed by atoms with E-state index < -0.39 is 28.6 Å². The van der Waals surface area contributed by atoms with Crippen molar-refractivity contribution < 1.29 is 23.5 Å². The van der Waals surface area contributed by atoms with E-state index in [1.807, 2.05) is 48.2 Å². The molecule has 1 amide bonds. The summed E-state index contributed by atoms with van der Waals surface area (Å²) in [5.74, 6) is -2.70. The predicted octanol–water partition coefficient (Wildman–Crippen LogP) is 5.85. The highest BCUT2D eigenvalue weighted by Gasteiger charge is 2.23. The summed E-state index contributed by atoms with van der Waals surface area (Å²) in [7, 11) is 0. The molecule has 1 fully saturated rings. The van der Waals surface area contributed by atoms with Crippen molar-refractivity contribution in [2.75, 3.05) is 36.4 Å². The van der Waals surface area contributed by atoms with Crippen LogP contribution in [-0.2, 0) is 6.54 Å². The predicted molar refractivity (Wildman–Crippen MR) is 169 cm³/mol. The number of carboxylic acid groups (broad SMARTS) is 1. The number of piperazine rings is 1. The van der Waals surface area contributed by atoms with Crippen molar-refractivity contribution in [3.05, 3.63) is 135 Å². The van der Waals surface area contributed by atoms with Gasteiger partial charge in [-0.2, -0.15) is 0 Å². The fraction of sp³-hybridized carbons (Fsp3) is 0.171. The maximum atomic E-state index is 15.5. The second-order valence-corrected chi connectivity index (χ2v) is 11.1. The lowest BCUT2D eigenvalue weighted by atomic mass is 10.1. The minimum atomic E-state index is -1.43. The summed E-state index contributed by atoms with van der Waals surface area (Å²) in [6.07, 6.45) is 1.19. The summed E-state index contributed by atoms with van der Waals surface area (Å²) < 4.78 is 30.6. The standard InChI is InChI=1S/C35H30F2N4O4/c1-22-3-2-4-26(17-22)38-34(43)24-7-5-23(6-8-24)20-39-13-15-40(16-14-39)32-19-31-28(18-30(32)37)33(42)29(35(44)45)21-41(31)27-11-9-25(36)10-12-27/h2-12,17-19,21H,13-16,20H2,1H3,(H,38,43)(H,44,45). The van der Waals surface area contributed by atoms with Crippen LogP contribution < -0.4 is 15.6 Å². The number of halogens is 2. The lowest BCUT2D eigenvalue weighted by molar-refractivity contribution is 0.0694. The number of aryl methyl sites for hydroxylation is 1. The topological polar surface area (TPSA) is 94.9 Å². The van der Waals surface area contributed by atoms with Crippen molar-refractivity contribution in [2.24, 2.45) is 0 Å². The van der Waals surface area contributed by atoms with Crippen LogP contribution in [0.4, 0.5) is 20.2 Å². The van der Waals surface area contributed by atoms with E-state index >= 15 is 4.39 Å². The highest BCUT2D eigenvalue weighted by atomic mass is 19.1. The summed E-state index contributed by atoms with van der Waals surface area (Å²) in [6, 6.07) is 23.1. The van der Waals surface area contributed by atoms with Crippen molar-refractivity contribution >= 4 is 34.2 Å². The minimum absolute atomic E-state index is 0.0740. The summed E-state index contributed by atoms with van der Waals surface area (Å²) in [5.41, 5.74) is 3.17. The van der Waals surface area contributed by atoms with Gasteiger partial charge in [0.25, 0.3) is 5.91 Å². The Kier molecular flexibility index (Phi) is 8.14. The zero-order valence-corrected chi connectivity index (χ0v) is 24.5. The van der Waals surface area contributed by atoms with Crippen LogP contribution in [0, 0.1) is 18.6 Å². The highest BCUT2D eigenvalue weighted by molar-refractivity contribution is 6.04. The Morgan fingerprint density at radius 2 is 1.60 bits per heavy atom. The molecule has 1 aromatic heterocycles. The number of amides is 1. The van der Waals surface area contributed by atoms with Crippen LogP contribution in [0.2, 0.25) is 0 Å². The van der Waals surface area contributed by atoms with Gasteiger partial charge in [-0.25, -0.2) is 13.6 Å². The van der Waals surface area contributed by atoms with Crippen LogP contribution in [0.1, 0.15) is 31.8 Å². The fourth-order valence-electron chi connectivity index (χ4n) is 5.64. The van der Waals surface area contributed by atoms with E-state index in [9.17, 15) is 23.9 Å². The Labute approximate surface area is 257 Å². The molecule has 0 bridgehead atoms. The molecule has 0 aliphatic carbocycles. The van der Waals surface area contributed by atoms with Gasteiger partial charge < -0.3 is 19.9 Å². The summed E-state index contributed by atoms with van der Waals surface area (Å²) >= 11 is 0. The van der Waals surface area contributed by atoms with Crippen LogP contribution in [0.15, 0.2) is 95.9 Å². The Balaban J connectivity index is 1.17. The molecular weight excluding hydrogens is 578 g/mol. The number of benzene rings is 4. The number of carbonyl (C=O) groups is 2. The molecule has 0 atom stereocenters. The number of hydrogen-bond acceptors (Lipinski definition) is 5. The molecule has 10 heteroatoms. The number of hydrogen-bond donors (Lipinski definition) is 2. The molecule has 2 heterocycles. The van der Waals surface area contributed by atoms with Gasteiger partial charge in [0, 0.05) is 61.2 Å². The first kappa shape index (κ1) is 29.7. The zero-order chi connectivity index (χ0) is 31.7. The fourth-order valence-corrected chi connectivity index (χ4v) is 5.64. The number of rotatable bonds is 7. The Hall–Kier alpha value is -5.35. The molecule has 0 radical (unpaired) electrons. The SMILES string of the molecule is Cc1cccc(NC(=O)c2ccc(CN3CCN(c4cc5c(cc4F)c(=O)c(C(=O)O)cn5-c4ccc(F)cc4)CC3)cc2)c1. The van der Waals surface area contributed by atoms with Gasteiger partial charge in [-0.05, 0) is 78.7 Å². The molecule has 2 N–H and O–H groups in total. The first-order valence-corrected chi connectivity index (χ1v) is 14.5. The molecule has 1 aliphatic heterocycles. The molecule has 0 unspecified atom stereocenters. The van der Waals surface area contributed by atoms with E-state index in [0.717, 1.165) is 22.9 Å². The largest absolute Gasteiger partial charge is 0.477 e. The van der Waals surface area contributed by atoms with E-state index in [1.54, 1.807) is 18.2 Å². The number of aromatic carboxylic acids is 1. The van der Waals surface area contributed by atoms with Crippen LogP contribution in [0.25, 0.3) is 16.6 Å². The number of anilines is 2. The maximum Gasteiger partial charge on any atom is 0.341 e. The number of fused-ring (bicyclic) bond motifs is 1. The summed E-state index contributed by atoms with van der Waals surface area (Å²) in [6.45, 7) is 4.97. The Bertz CT molecular complexity index is 1970. The Morgan fingerprint density at radius 1 is 0.889 bits per heavy atom. The van der Waals surface area contributed by atoms with Crippen molar-refractivity contribution in [2.45, 2.75) is 13.5 Å². The molecule has 4 aromatic carbocycles. The first-order valence-electron chi connectivity index (χ1n) is 14.5. The second kappa shape index (κ2) is 12.3. The van der Waals surface area contributed by atoms with E-state index in [4.69, 9.17) is 0 Å². The first-order chi connectivity index (χ1) is 21.7. The van der Waals surface area contributed by atoms with Gasteiger partial charge in [-0.15, -0.1) is 0 Å². The third-order valence-corrected chi connectivity index (χ3v) is 8.02. The van der Waals surface area contributed by atoms with E-state index in [0.29, 0.717) is 55.2 Å². The summed E-state index contributed by atoms with van der Waals surface area (Å²) in [4.78, 5) is 41.6. The van der Waals surface area contributed by atoms with Crippen molar-refractivity contribution in [1.82, 2.24) is 9.47 Å². The van der Waals surface area contributed by atoms with Crippen LogP contribution in [-0.4, -0.2) is 52.6 Å².